The van der Waals surface area contributed by atoms with E-state index in [1.165, 1.54) is 16.8 Å². The Morgan fingerprint density at radius 2 is 1.74 bits per heavy atom. The van der Waals surface area contributed by atoms with Gasteiger partial charge in [-0.1, -0.05) is 0 Å². The number of aromatic nitrogens is 2. The topological polar surface area (TPSA) is 200 Å². The van der Waals surface area contributed by atoms with Crippen molar-refractivity contribution in [2.45, 2.75) is 50.4 Å². The number of nitrogens with one attached hydrogen (secondary N) is 1. The maximum absolute atomic E-state index is 13.1. The molecule has 2 aliphatic rings. The van der Waals surface area contributed by atoms with Crippen molar-refractivity contribution >= 4 is 23.2 Å². The summed E-state index contributed by atoms with van der Waals surface area (Å²) in [6, 6.07) is 0.565. The monoisotopic (exact) mass is 564 g/mol. The number of phosphoric ester groups is 1. The van der Waals surface area contributed by atoms with Crippen LogP contribution in [0, 0.1) is 0 Å². The summed E-state index contributed by atoms with van der Waals surface area (Å²) in [5.41, 5.74) is -1.23. The molecule has 1 saturated carbocycles. The molecule has 0 bridgehead atoms. The summed E-state index contributed by atoms with van der Waals surface area (Å²) in [5.74, 6) is -1.04. The second-order valence-corrected chi connectivity index (χ2v) is 13.7. The number of nitrogens with zero attached hydrogens (tertiary/aromatic N) is 1. The minimum absolute atomic E-state index is 0.134. The number of fused-ring (bicyclic) bond motifs is 1. The SMILES string of the molecule is COP(=O)(O)OP(=O)(OC)OP(=O)(CO[C@H]1C[C@@H](n2ccc(=O)[nH]c2=O)C2OC(C)(C)OC21)OC. The van der Waals surface area contributed by atoms with Crippen molar-refractivity contribution < 1.29 is 55.0 Å². The Morgan fingerprint density at radius 1 is 1.09 bits per heavy atom. The molecule has 1 aromatic rings. The van der Waals surface area contributed by atoms with Gasteiger partial charge in [0.2, 0.25) is 0 Å². The third-order valence-corrected chi connectivity index (χ3v) is 10.5. The molecule has 0 radical (unpaired) electrons. The van der Waals surface area contributed by atoms with Crippen molar-refractivity contribution in [1.29, 1.82) is 0 Å². The van der Waals surface area contributed by atoms with Gasteiger partial charge in [0.1, 0.15) is 18.6 Å². The fourth-order valence-corrected chi connectivity index (χ4v) is 8.07. The number of H-pyrrole nitrogens is 1. The number of ether oxygens (including phenoxy) is 3. The molecule has 1 aliphatic carbocycles. The highest BCUT2D eigenvalue weighted by atomic mass is 31.3. The molecule has 2 heterocycles. The molecule has 3 rings (SSSR count). The predicted molar refractivity (Wildman–Crippen MR) is 117 cm³/mol. The van der Waals surface area contributed by atoms with Gasteiger partial charge in [0.15, 0.2) is 5.79 Å². The number of rotatable bonds is 11. The first-order valence-corrected chi connectivity index (χ1v) is 14.7. The molecule has 1 aromatic heterocycles. The summed E-state index contributed by atoms with van der Waals surface area (Å²) in [4.78, 5) is 35.4. The van der Waals surface area contributed by atoms with E-state index in [-0.39, 0.29) is 6.42 Å². The minimum Gasteiger partial charge on any atom is -0.363 e. The van der Waals surface area contributed by atoms with Crippen LogP contribution in [0.4, 0.5) is 0 Å². The summed E-state index contributed by atoms with van der Waals surface area (Å²) in [6.07, 6.45) is -1.56. The van der Waals surface area contributed by atoms with Crippen LogP contribution < -0.4 is 11.2 Å². The molecule has 19 heteroatoms. The molecular weight excluding hydrogens is 537 g/mol. The molecule has 35 heavy (non-hydrogen) atoms. The van der Waals surface area contributed by atoms with Crippen LogP contribution in [0.15, 0.2) is 21.9 Å². The van der Waals surface area contributed by atoms with Gasteiger partial charge in [0.05, 0.1) is 12.1 Å². The number of hydrogen-bond donors (Lipinski definition) is 2. The molecule has 0 spiro atoms. The maximum Gasteiger partial charge on any atom is 0.490 e. The van der Waals surface area contributed by atoms with Crippen LogP contribution in [-0.4, -0.2) is 66.2 Å². The summed E-state index contributed by atoms with van der Waals surface area (Å²) < 4.78 is 78.9. The van der Waals surface area contributed by atoms with E-state index in [1.807, 2.05) is 0 Å². The summed E-state index contributed by atoms with van der Waals surface area (Å²) in [5, 5.41) is 0. The Labute approximate surface area is 199 Å². The standard InChI is InChI=1S/C16H27N2O14P3/c1-16(2)29-13-10(18-7-6-12(19)17-15(18)20)8-11(14(13)30-16)28-9-33(21,25-3)31-35(24,27-5)32-34(22,23)26-4/h6-7,10-11,13-14H,8-9H2,1-5H3,(H,22,23)(H,17,19,20)/t10-,11+,13?,14?,33?,35?/m1/s1. The molecule has 5 unspecified atom stereocenters. The lowest BCUT2D eigenvalue weighted by Crippen LogP contribution is -2.36. The van der Waals surface area contributed by atoms with E-state index in [0.717, 1.165) is 21.3 Å². The molecule has 0 amide bonds. The highest BCUT2D eigenvalue weighted by Gasteiger charge is 2.56. The van der Waals surface area contributed by atoms with Gasteiger partial charge in [-0.2, -0.15) is 4.31 Å². The Morgan fingerprint density at radius 3 is 2.31 bits per heavy atom. The summed E-state index contributed by atoms with van der Waals surface area (Å²) >= 11 is 0. The first kappa shape index (κ1) is 28.6. The second-order valence-electron chi connectivity index (χ2n) is 7.96. The van der Waals surface area contributed by atoms with Crippen LogP contribution in [0.2, 0.25) is 0 Å². The molecule has 2 N–H and O–H groups in total. The van der Waals surface area contributed by atoms with Crippen molar-refractivity contribution in [2.75, 3.05) is 27.7 Å². The van der Waals surface area contributed by atoms with E-state index in [2.05, 4.69) is 18.3 Å². The van der Waals surface area contributed by atoms with Gasteiger partial charge in [-0.05, 0) is 20.3 Å². The third-order valence-electron chi connectivity index (χ3n) is 5.20. The fraction of sp³-hybridized carbons (Fsp3) is 0.750. The van der Waals surface area contributed by atoms with Gasteiger partial charge in [-0.15, -0.1) is 0 Å². The molecule has 1 saturated heterocycles. The average molecular weight is 564 g/mol. The van der Waals surface area contributed by atoms with Crippen LogP contribution >= 0.6 is 23.2 Å². The zero-order valence-corrected chi connectivity index (χ0v) is 22.1. The lowest BCUT2D eigenvalue weighted by Gasteiger charge is -2.26. The van der Waals surface area contributed by atoms with Crippen LogP contribution in [-0.2, 0) is 50.1 Å². The van der Waals surface area contributed by atoms with Crippen molar-refractivity contribution in [2.24, 2.45) is 0 Å². The average Bonchev–Trinajstić information content (AvgIpc) is 3.25. The Hall–Kier alpha value is -0.990. The van der Waals surface area contributed by atoms with Gasteiger partial charge < -0.3 is 23.6 Å². The third kappa shape index (κ3) is 6.67. The highest BCUT2D eigenvalue weighted by Crippen LogP contribution is 2.70. The van der Waals surface area contributed by atoms with E-state index >= 15 is 0 Å². The number of hydrogen-bond acceptors (Lipinski definition) is 13. The van der Waals surface area contributed by atoms with Gasteiger partial charge >= 0.3 is 28.9 Å². The molecule has 2 fully saturated rings. The number of phosphoric acid groups is 2. The second kappa shape index (κ2) is 10.4. The molecule has 1 aliphatic heterocycles. The number of aromatic amines is 1. The van der Waals surface area contributed by atoms with Crippen molar-refractivity contribution in [3.63, 3.8) is 0 Å². The Balaban J connectivity index is 1.79. The van der Waals surface area contributed by atoms with Crippen molar-refractivity contribution in [1.82, 2.24) is 9.55 Å². The van der Waals surface area contributed by atoms with Crippen LogP contribution in [0.3, 0.4) is 0 Å². The van der Waals surface area contributed by atoms with Gasteiger partial charge in [0.25, 0.3) is 5.56 Å². The van der Waals surface area contributed by atoms with E-state index < -0.39 is 71.0 Å². The largest absolute Gasteiger partial charge is 0.490 e. The predicted octanol–water partition coefficient (Wildman–Crippen LogP) is 1.72. The summed E-state index contributed by atoms with van der Waals surface area (Å²) in [7, 11) is -11.5. The van der Waals surface area contributed by atoms with Crippen molar-refractivity contribution in [3.05, 3.63) is 33.1 Å². The minimum atomic E-state index is -4.89. The van der Waals surface area contributed by atoms with Crippen LogP contribution in [0.25, 0.3) is 0 Å². The fourth-order valence-electron chi connectivity index (χ4n) is 3.72. The van der Waals surface area contributed by atoms with E-state index in [4.69, 9.17) is 23.0 Å². The van der Waals surface area contributed by atoms with Gasteiger partial charge in [-0.25, -0.2) is 18.2 Å². The molecular formula is C16H27N2O14P3. The molecule has 16 nitrogen and oxygen atoms in total. The quantitative estimate of drug-likeness (QED) is 0.368. The Bertz CT molecular complexity index is 1180. The van der Waals surface area contributed by atoms with E-state index in [0.29, 0.717) is 0 Å². The lowest BCUT2D eigenvalue weighted by atomic mass is 10.2. The van der Waals surface area contributed by atoms with Gasteiger partial charge in [-0.3, -0.25) is 28.0 Å². The molecule has 200 valence electrons. The maximum atomic E-state index is 13.1. The molecule has 0 aromatic carbocycles. The first-order chi connectivity index (χ1) is 16.2. The zero-order chi connectivity index (χ0) is 26.2. The van der Waals surface area contributed by atoms with Crippen LogP contribution in [0.1, 0.15) is 26.3 Å². The smallest absolute Gasteiger partial charge is 0.363 e. The lowest BCUT2D eigenvalue weighted by molar-refractivity contribution is -0.168. The zero-order valence-electron chi connectivity index (χ0n) is 19.4. The van der Waals surface area contributed by atoms with E-state index in [9.17, 15) is 28.2 Å². The molecule has 7 atom stereocenters. The van der Waals surface area contributed by atoms with Crippen molar-refractivity contribution in [3.8, 4) is 0 Å². The summed E-state index contributed by atoms with van der Waals surface area (Å²) in [6.45, 7) is 3.32. The van der Waals surface area contributed by atoms with Crippen LogP contribution in [0.5, 0.6) is 0 Å². The normalized spacial score (nSPS) is 30.8. The Kier molecular flexibility index (Phi) is 8.50. The van der Waals surface area contributed by atoms with Gasteiger partial charge in [0, 0.05) is 33.6 Å². The van der Waals surface area contributed by atoms with E-state index in [1.54, 1.807) is 13.8 Å². The first-order valence-electron chi connectivity index (χ1n) is 10.1. The highest BCUT2D eigenvalue weighted by molar-refractivity contribution is 7.69.